The van der Waals surface area contributed by atoms with Gasteiger partial charge in [-0.3, -0.25) is 4.90 Å². The van der Waals surface area contributed by atoms with Crippen molar-refractivity contribution >= 4 is 12.9 Å². The average Bonchev–Trinajstić information content (AvgIpc) is 3.28. The van der Waals surface area contributed by atoms with Crippen LogP contribution in [0.1, 0.15) is 58.6 Å². The summed E-state index contributed by atoms with van der Waals surface area (Å²) in [7, 11) is 1.66. The van der Waals surface area contributed by atoms with E-state index in [0.717, 1.165) is 49.3 Å². The Balaban J connectivity index is 1.23. The predicted octanol–water partition coefficient (Wildman–Crippen LogP) is 4.15. The topological polar surface area (TPSA) is 51.2 Å². The van der Waals surface area contributed by atoms with Gasteiger partial charge in [-0.1, -0.05) is 17.6 Å². The van der Waals surface area contributed by atoms with Crippen LogP contribution in [-0.2, 0) is 9.39 Å². The summed E-state index contributed by atoms with van der Waals surface area (Å²) in [6.07, 6.45) is 2.16. The summed E-state index contributed by atoms with van der Waals surface area (Å²) in [5, 5.41) is 10.2. The molecule has 0 aliphatic carbocycles. The van der Waals surface area contributed by atoms with Crippen LogP contribution in [0.3, 0.4) is 0 Å². The van der Waals surface area contributed by atoms with Crippen molar-refractivity contribution < 1.29 is 28.0 Å². The molecule has 1 N–H and O–H groups in total. The summed E-state index contributed by atoms with van der Waals surface area (Å²) >= 11 is 0. The summed E-state index contributed by atoms with van der Waals surface area (Å²) in [5.41, 5.74) is -0.489. The molecule has 4 rings (SSSR count). The molecule has 2 aliphatic heterocycles. The molecule has 8 heteroatoms. The second-order valence-corrected chi connectivity index (χ2v) is 10.6. The van der Waals surface area contributed by atoms with Crippen LogP contribution in [0.4, 0.5) is 8.78 Å². The highest BCUT2D eigenvalue weighted by Crippen LogP contribution is 2.33. The molecule has 0 unspecified atom stereocenters. The SMILES string of the molecule is CC(C)(O)C(C)(C)O[B]c1ccc(O[C@@H]2CCN([C@H]3CC[C@@H](c4cc(F)ccc4F)OC3)C2)cc1. The Morgan fingerprint density at radius 2 is 1.77 bits per heavy atom. The smallest absolute Gasteiger partial charge is 0.330 e. The maximum absolute atomic E-state index is 14.1. The van der Waals surface area contributed by atoms with Gasteiger partial charge in [-0.2, -0.15) is 0 Å². The molecular weight excluding hydrogens is 451 g/mol. The molecule has 5 nitrogen and oxygen atoms in total. The summed E-state index contributed by atoms with van der Waals surface area (Å²) in [4.78, 5) is 2.37. The van der Waals surface area contributed by atoms with Crippen molar-refractivity contribution in [2.24, 2.45) is 0 Å². The molecule has 0 aromatic heterocycles. The third-order valence-electron chi connectivity index (χ3n) is 7.40. The second-order valence-electron chi connectivity index (χ2n) is 10.6. The summed E-state index contributed by atoms with van der Waals surface area (Å²) in [6.45, 7) is 9.38. The fraction of sp³-hybridized carbons (Fsp3) is 0.556. The fourth-order valence-electron chi connectivity index (χ4n) is 4.39. The van der Waals surface area contributed by atoms with Crippen LogP contribution in [-0.4, -0.2) is 60.5 Å². The van der Waals surface area contributed by atoms with E-state index in [4.69, 9.17) is 14.1 Å². The lowest BCUT2D eigenvalue weighted by molar-refractivity contribution is -0.0893. The Labute approximate surface area is 207 Å². The first kappa shape index (κ1) is 26.1. The lowest BCUT2D eigenvalue weighted by Crippen LogP contribution is -2.49. The Kier molecular flexibility index (Phi) is 7.86. The lowest BCUT2D eigenvalue weighted by Gasteiger charge is -2.37. The first-order chi connectivity index (χ1) is 16.5. The minimum absolute atomic E-state index is 0.0913. The number of rotatable bonds is 8. The minimum Gasteiger partial charge on any atom is -0.489 e. The number of halogens is 2. The molecule has 2 saturated heterocycles. The number of ether oxygens (including phenoxy) is 2. The van der Waals surface area contributed by atoms with Gasteiger partial charge in [0.1, 0.15) is 23.5 Å². The Morgan fingerprint density at radius 3 is 2.43 bits per heavy atom. The quantitative estimate of drug-likeness (QED) is 0.569. The van der Waals surface area contributed by atoms with E-state index in [1.807, 2.05) is 38.1 Å². The van der Waals surface area contributed by atoms with Gasteiger partial charge in [-0.15, -0.1) is 0 Å². The third kappa shape index (κ3) is 6.42. The van der Waals surface area contributed by atoms with E-state index in [1.54, 1.807) is 21.3 Å². The van der Waals surface area contributed by atoms with E-state index < -0.39 is 28.9 Å². The number of benzene rings is 2. The number of nitrogens with zero attached hydrogens (tertiary/aromatic N) is 1. The van der Waals surface area contributed by atoms with Gasteiger partial charge in [0.05, 0.1) is 23.9 Å². The third-order valence-corrected chi connectivity index (χ3v) is 7.40. The lowest BCUT2D eigenvalue weighted by atomic mass is 9.82. The van der Waals surface area contributed by atoms with Crippen molar-refractivity contribution in [3.05, 3.63) is 59.7 Å². The van der Waals surface area contributed by atoms with E-state index in [0.29, 0.717) is 18.6 Å². The fourth-order valence-corrected chi connectivity index (χ4v) is 4.39. The molecule has 189 valence electrons. The van der Waals surface area contributed by atoms with E-state index in [-0.39, 0.29) is 12.1 Å². The summed E-state index contributed by atoms with van der Waals surface area (Å²) in [5.74, 6) is -0.0547. The van der Waals surface area contributed by atoms with Crippen molar-refractivity contribution in [3.8, 4) is 5.75 Å². The zero-order chi connectivity index (χ0) is 25.2. The van der Waals surface area contributed by atoms with E-state index in [1.165, 1.54) is 6.07 Å². The first-order valence-corrected chi connectivity index (χ1v) is 12.3. The molecule has 2 aromatic carbocycles. The maximum atomic E-state index is 14.1. The molecule has 2 fully saturated rings. The zero-order valence-electron chi connectivity index (χ0n) is 21.0. The summed E-state index contributed by atoms with van der Waals surface area (Å²) in [6, 6.07) is 11.5. The van der Waals surface area contributed by atoms with Crippen molar-refractivity contribution in [1.82, 2.24) is 4.90 Å². The minimum atomic E-state index is -0.971. The zero-order valence-corrected chi connectivity index (χ0v) is 21.0. The van der Waals surface area contributed by atoms with Crippen LogP contribution in [0, 0.1) is 11.6 Å². The van der Waals surface area contributed by atoms with Gasteiger partial charge in [-0.25, -0.2) is 8.78 Å². The van der Waals surface area contributed by atoms with Crippen LogP contribution < -0.4 is 10.2 Å². The van der Waals surface area contributed by atoms with E-state index in [2.05, 4.69) is 4.90 Å². The number of hydrogen-bond acceptors (Lipinski definition) is 5. The highest BCUT2D eigenvalue weighted by Gasteiger charge is 2.36. The van der Waals surface area contributed by atoms with E-state index in [9.17, 15) is 13.9 Å². The van der Waals surface area contributed by atoms with Gasteiger partial charge in [0.2, 0.25) is 0 Å². The molecule has 2 aromatic rings. The van der Waals surface area contributed by atoms with Crippen molar-refractivity contribution in [3.63, 3.8) is 0 Å². The van der Waals surface area contributed by atoms with Crippen molar-refractivity contribution in [2.45, 2.75) is 76.4 Å². The molecule has 2 aliphatic rings. The summed E-state index contributed by atoms with van der Waals surface area (Å²) < 4.78 is 45.6. The largest absolute Gasteiger partial charge is 0.489 e. The molecule has 0 bridgehead atoms. The van der Waals surface area contributed by atoms with Crippen LogP contribution in [0.5, 0.6) is 5.75 Å². The van der Waals surface area contributed by atoms with E-state index >= 15 is 0 Å². The Morgan fingerprint density at radius 1 is 1.03 bits per heavy atom. The van der Waals surface area contributed by atoms with Gasteiger partial charge in [0.25, 0.3) is 0 Å². The Hall–Kier alpha value is -2.00. The molecule has 3 atom stereocenters. The first-order valence-electron chi connectivity index (χ1n) is 12.3. The highest BCUT2D eigenvalue weighted by atomic mass is 19.1. The normalized spacial score (nSPS) is 23.9. The van der Waals surface area contributed by atoms with Crippen LogP contribution in [0.25, 0.3) is 0 Å². The van der Waals surface area contributed by atoms with Crippen LogP contribution in [0.2, 0.25) is 0 Å². The van der Waals surface area contributed by atoms with Crippen LogP contribution >= 0.6 is 0 Å². The Bertz CT molecular complexity index is 988. The highest BCUT2D eigenvalue weighted by molar-refractivity contribution is 6.47. The van der Waals surface area contributed by atoms with Gasteiger partial charge in [-0.05, 0) is 77.3 Å². The number of likely N-dealkylation sites (tertiary alicyclic amines) is 1. The predicted molar refractivity (Wildman–Crippen MR) is 132 cm³/mol. The molecule has 35 heavy (non-hydrogen) atoms. The van der Waals surface area contributed by atoms with Gasteiger partial charge in [0.15, 0.2) is 0 Å². The monoisotopic (exact) mass is 486 g/mol. The van der Waals surface area contributed by atoms with Crippen LogP contribution in [0.15, 0.2) is 42.5 Å². The van der Waals surface area contributed by atoms with Crippen molar-refractivity contribution in [1.29, 1.82) is 0 Å². The van der Waals surface area contributed by atoms with Gasteiger partial charge >= 0.3 is 7.48 Å². The maximum Gasteiger partial charge on any atom is 0.330 e. The van der Waals surface area contributed by atoms with Crippen molar-refractivity contribution in [2.75, 3.05) is 19.7 Å². The molecule has 1 radical (unpaired) electrons. The van der Waals surface area contributed by atoms with Gasteiger partial charge < -0.3 is 19.2 Å². The molecule has 2 heterocycles. The number of aliphatic hydroxyl groups is 1. The second kappa shape index (κ2) is 10.5. The van der Waals surface area contributed by atoms with Gasteiger partial charge in [0, 0.05) is 24.7 Å². The standard InChI is InChI=1S/C27H35BF2NO4/c1-26(2,32)27(3,4)35-28-18-5-9-21(10-6-18)34-22-13-14-31(16-22)20-8-12-25(33-17-20)23-15-19(29)7-11-24(23)30/h5-7,9-11,15,20,22,25,32H,8,12-14,16-17H2,1-4H3/t20-,22+,25-/m0/s1. The molecular formula is C27H35BF2NO4. The number of hydrogen-bond donors (Lipinski definition) is 1. The average molecular weight is 486 g/mol. The molecule has 0 saturated carbocycles. The molecule has 0 spiro atoms. The molecule has 0 amide bonds.